The SMILES string of the molecule is CC[C@H](C)[C@H](NC(=O)[C@H](Cc1ccc(O)cc1)NC(=O)[C@H](CC(=O)O)NC(=O)[C@H](CO)NC(=O)[C@@H](N)CC(C)C)C(=O)N[C@@H](CC(C)C)C(=O)O. The second kappa shape index (κ2) is 21.4. The maximum absolute atomic E-state index is 13.8. The monoisotopic (exact) mass is 722 g/mol. The Hall–Kier alpha value is -4.77. The molecule has 5 amide bonds. The molecule has 1 aromatic rings. The molecular formula is C34H54N6O11. The third-order valence-corrected chi connectivity index (χ3v) is 8.01. The number of nitrogens with two attached hydrogens (primary N) is 1. The van der Waals surface area contributed by atoms with Crippen LogP contribution in [0.1, 0.15) is 72.8 Å². The van der Waals surface area contributed by atoms with Crippen LogP contribution < -0.4 is 32.3 Å². The van der Waals surface area contributed by atoms with Gasteiger partial charge in [0.25, 0.3) is 0 Å². The van der Waals surface area contributed by atoms with Crippen molar-refractivity contribution in [3.05, 3.63) is 29.8 Å². The highest BCUT2D eigenvalue weighted by Gasteiger charge is 2.35. The molecule has 51 heavy (non-hydrogen) atoms. The molecular weight excluding hydrogens is 668 g/mol. The first-order chi connectivity index (χ1) is 23.8. The molecule has 0 saturated carbocycles. The maximum Gasteiger partial charge on any atom is 0.326 e. The molecule has 17 heteroatoms. The zero-order valence-corrected chi connectivity index (χ0v) is 30.0. The minimum atomic E-state index is -1.79. The molecule has 0 aromatic heterocycles. The van der Waals surface area contributed by atoms with Gasteiger partial charge >= 0.3 is 11.9 Å². The topological polar surface area (TPSA) is 287 Å². The van der Waals surface area contributed by atoms with Crippen LogP contribution in [-0.4, -0.2) is 105 Å². The molecule has 0 spiro atoms. The second-order valence-electron chi connectivity index (χ2n) is 13.5. The zero-order chi connectivity index (χ0) is 39.0. The summed E-state index contributed by atoms with van der Waals surface area (Å²) in [6, 6.07) is -2.69. The van der Waals surface area contributed by atoms with Gasteiger partial charge in [0.05, 0.1) is 19.1 Å². The number of aliphatic hydroxyl groups excluding tert-OH is 1. The van der Waals surface area contributed by atoms with Crippen LogP contribution in [0, 0.1) is 17.8 Å². The fraction of sp³-hybridized carbons (Fsp3) is 0.618. The number of rotatable bonds is 22. The number of hydrogen-bond donors (Lipinski definition) is 10. The molecule has 0 aliphatic heterocycles. The molecule has 0 aliphatic carbocycles. The highest BCUT2D eigenvalue weighted by atomic mass is 16.4. The third-order valence-electron chi connectivity index (χ3n) is 8.01. The molecule has 0 heterocycles. The molecule has 11 N–H and O–H groups in total. The van der Waals surface area contributed by atoms with Crippen LogP contribution in [0.3, 0.4) is 0 Å². The van der Waals surface area contributed by atoms with Crippen LogP contribution in [0.4, 0.5) is 0 Å². The van der Waals surface area contributed by atoms with Crippen molar-refractivity contribution in [2.45, 2.75) is 110 Å². The first-order valence-electron chi connectivity index (χ1n) is 16.9. The van der Waals surface area contributed by atoms with Gasteiger partial charge in [0.1, 0.15) is 36.0 Å². The van der Waals surface area contributed by atoms with Gasteiger partial charge in [0.15, 0.2) is 0 Å². The Bertz CT molecular complexity index is 1350. The van der Waals surface area contributed by atoms with Gasteiger partial charge in [-0.25, -0.2) is 4.79 Å². The quantitative estimate of drug-likeness (QED) is 0.0717. The van der Waals surface area contributed by atoms with E-state index in [1.165, 1.54) is 24.3 Å². The first kappa shape index (κ1) is 44.3. The lowest BCUT2D eigenvalue weighted by Gasteiger charge is -2.29. The lowest BCUT2D eigenvalue weighted by atomic mass is 9.96. The Labute approximate surface area is 297 Å². The number of hydrogen-bond acceptors (Lipinski definition) is 10. The second-order valence-corrected chi connectivity index (χ2v) is 13.5. The van der Waals surface area contributed by atoms with Crippen LogP contribution in [-0.2, 0) is 40.0 Å². The van der Waals surface area contributed by atoms with Crippen LogP contribution >= 0.6 is 0 Å². The van der Waals surface area contributed by atoms with Gasteiger partial charge in [0.2, 0.25) is 29.5 Å². The Morgan fingerprint density at radius 1 is 0.667 bits per heavy atom. The number of carbonyl (C=O) groups is 7. The molecule has 0 fully saturated rings. The molecule has 0 bridgehead atoms. The summed E-state index contributed by atoms with van der Waals surface area (Å²) in [6.07, 6.45) is -0.363. The Balaban J connectivity index is 3.37. The summed E-state index contributed by atoms with van der Waals surface area (Å²) in [5.74, 6) is -7.95. The van der Waals surface area contributed by atoms with Crippen molar-refractivity contribution in [1.29, 1.82) is 0 Å². The van der Waals surface area contributed by atoms with E-state index in [1.807, 2.05) is 13.8 Å². The molecule has 1 rings (SSSR count). The van der Waals surface area contributed by atoms with Gasteiger partial charge < -0.3 is 52.7 Å². The summed E-state index contributed by atoms with van der Waals surface area (Å²) in [5, 5.41) is 50.7. The van der Waals surface area contributed by atoms with Crippen molar-refractivity contribution in [3.63, 3.8) is 0 Å². The Morgan fingerprint density at radius 3 is 1.65 bits per heavy atom. The molecule has 0 aliphatic rings. The van der Waals surface area contributed by atoms with E-state index in [2.05, 4.69) is 26.6 Å². The van der Waals surface area contributed by atoms with E-state index in [9.17, 15) is 54.0 Å². The van der Waals surface area contributed by atoms with Gasteiger partial charge in [0, 0.05) is 6.42 Å². The minimum absolute atomic E-state index is 0.0453. The summed E-state index contributed by atoms with van der Waals surface area (Å²) < 4.78 is 0. The number of aliphatic hydroxyl groups is 1. The fourth-order valence-corrected chi connectivity index (χ4v) is 5.00. The van der Waals surface area contributed by atoms with Gasteiger partial charge in [-0.05, 0) is 48.3 Å². The van der Waals surface area contributed by atoms with E-state index in [0.29, 0.717) is 12.0 Å². The molecule has 0 unspecified atom stereocenters. The van der Waals surface area contributed by atoms with Crippen molar-refractivity contribution < 1.29 is 54.0 Å². The molecule has 1 aromatic carbocycles. The largest absolute Gasteiger partial charge is 0.508 e. The number of aromatic hydroxyl groups is 1. The van der Waals surface area contributed by atoms with Gasteiger partial charge in [-0.2, -0.15) is 0 Å². The summed E-state index contributed by atoms with van der Waals surface area (Å²) in [4.78, 5) is 89.8. The molecule has 17 nitrogen and oxygen atoms in total. The van der Waals surface area contributed by atoms with Crippen molar-refractivity contribution in [2.75, 3.05) is 6.61 Å². The lowest BCUT2D eigenvalue weighted by molar-refractivity contribution is -0.143. The smallest absolute Gasteiger partial charge is 0.326 e. The summed E-state index contributed by atoms with van der Waals surface area (Å²) in [6.45, 7) is 9.76. The predicted molar refractivity (Wildman–Crippen MR) is 185 cm³/mol. The number of carbonyl (C=O) groups excluding carboxylic acids is 5. The molecule has 7 atom stereocenters. The first-order valence-corrected chi connectivity index (χ1v) is 16.9. The number of amides is 5. The summed E-state index contributed by atoms with van der Waals surface area (Å²) in [5.41, 5.74) is 6.30. The molecule has 0 saturated heterocycles. The van der Waals surface area contributed by atoms with Crippen molar-refractivity contribution in [3.8, 4) is 5.75 Å². The van der Waals surface area contributed by atoms with Crippen LogP contribution in [0.5, 0.6) is 5.75 Å². The summed E-state index contributed by atoms with van der Waals surface area (Å²) >= 11 is 0. The number of carboxylic acid groups (broad SMARTS) is 2. The van der Waals surface area contributed by atoms with E-state index < -0.39 is 96.7 Å². The van der Waals surface area contributed by atoms with Crippen molar-refractivity contribution >= 4 is 41.5 Å². The van der Waals surface area contributed by atoms with E-state index in [1.54, 1.807) is 27.7 Å². The van der Waals surface area contributed by atoms with Crippen LogP contribution in [0.25, 0.3) is 0 Å². The number of carboxylic acids is 2. The third kappa shape index (κ3) is 15.8. The molecule has 0 radical (unpaired) electrons. The highest BCUT2D eigenvalue weighted by molar-refractivity contribution is 5.97. The van der Waals surface area contributed by atoms with Gasteiger partial charge in [-0.3, -0.25) is 28.8 Å². The average molecular weight is 723 g/mol. The van der Waals surface area contributed by atoms with Gasteiger partial charge in [-0.15, -0.1) is 0 Å². The number of aliphatic carboxylic acids is 2. The minimum Gasteiger partial charge on any atom is -0.508 e. The number of phenols is 1. The molecule has 286 valence electrons. The zero-order valence-electron chi connectivity index (χ0n) is 30.0. The average Bonchev–Trinajstić information content (AvgIpc) is 3.04. The maximum atomic E-state index is 13.8. The van der Waals surface area contributed by atoms with E-state index in [4.69, 9.17) is 5.73 Å². The van der Waals surface area contributed by atoms with Gasteiger partial charge in [-0.1, -0.05) is 60.1 Å². The number of benzene rings is 1. The predicted octanol–water partition coefficient (Wildman–Crippen LogP) is -0.624. The summed E-state index contributed by atoms with van der Waals surface area (Å²) in [7, 11) is 0. The number of phenolic OH excluding ortho intramolecular Hbond substituents is 1. The van der Waals surface area contributed by atoms with Crippen molar-refractivity contribution in [1.82, 2.24) is 26.6 Å². The van der Waals surface area contributed by atoms with E-state index in [0.717, 1.165) is 0 Å². The lowest BCUT2D eigenvalue weighted by Crippen LogP contribution is -2.61. The van der Waals surface area contributed by atoms with E-state index >= 15 is 0 Å². The Morgan fingerprint density at radius 2 is 1.16 bits per heavy atom. The fourth-order valence-electron chi connectivity index (χ4n) is 5.00. The normalized spacial score (nSPS) is 15.3. The Kier molecular flexibility index (Phi) is 18.6. The highest BCUT2D eigenvalue weighted by Crippen LogP contribution is 2.14. The van der Waals surface area contributed by atoms with E-state index in [-0.39, 0.29) is 36.8 Å². The van der Waals surface area contributed by atoms with Crippen LogP contribution in [0.15, 0.2) is 24.3 Å². The standard InChI is InChI=1S/C34H54N6O11/c1-7-19(6)28(33(49)38-25(34(50)51)13-18(4)5)40-31(47)23(14-20-8-10-21(42)11-9-20)36-30(46)24(15-27(43)44)37-32(48)26(16-41)39-29(45)22(35)12-17(2)3/h8-11,17-19,22-26,28,41-42H,7,12-16,35H2,1-6H3,(H,36,46)(H,37,48)(H,38,49)(H,39,45)(H,40,47)(H,43,44)(H,50,51)/t19-,22-,23-,24-,25-,26-,28-/m0/s1. The van der Waals surface area contributed by atoms with Crippen molar-refractivity contribution in [2.24, 2.45) is 23.5 Å². The van der Waals surface area contributed by atoms with Crippen LogP contribution in [0.2, 0.25) is 0 Å². The number of nitrogens with one attached hydrogen (secondary N) is 5.